The van der Waals surface area contributed by atoms with Gasteiger partial charge in [0.15, 0.2) is 0 Å². The van der Waals surface area contributed by atoms with Crippen LogP contribution in [0.2, 0.25) is 5.02 Å². The lowest BCUT2D eigenvalue weighted by Gasteiger charge is -2.17. The van der Waals surface area contributed by atoms with Gasteiger partial charge in [-0.15, -0.1) is 11.3 Å². The zero-order valence-electron chi connectivity index (χ0n) is 7.08. The summed E-state index contributed by atoms with van der Waals surface area (Å²) in [5, 5.41) is 6.26. The summed E-state index contributed by atoms with van der Waals surface area (Å²) in [5.74, 6) is 0. The molecule has 2 aromatic rings. The van der Waals surface area contributed by atoms with E-state index in [2.05, 4.69) is 16.8 Å². The van der Waals surface area contributed by atoms with Crippen molar-refractivity contribution in [3.05, 3.63) is 34.7 Å². The maximum absolute atomic E-state index is 5.94. The average molecular weight is 240 g/mol. The maximum Gasteiger partial charge on any atom is 0.0882 e. The first-order valence-electron chi connectivity index (χ1n) is 4.15. The van der Waals surface area contributed by atoms with Gasteiger partial charge in [-0.25, -0.2) is 0 Å². The van der Waals surface area contributed by atoms with Gasteiger partial charge in [-0.3, -0.25) is 0 Å². The van der Waals surface area contributed by atoms with Crippen LogP contribution in [0, 0.1) is 0 Å². The Balaban J connectivity index is 2.12. The minimum Gasteiger partial charge on any atom is -0.353 e. The molecule has 4 heteroatoms. The largest absolute Gasteiger partial charge is 0.353 e. The summed E-state index contributed by atoms with van der Waals surface area (Å²) >= 11 is 9.47. The Bertz CT molecular complexity index is 493. The Morgan fingerprint density at radius 1 is 1.14 bits per heavy atom. The minimum atomic E-state index is 0.790. The van der Waals surface area contributed by atoms with Crippen LogP contribution in [0.5, 0.6) is 0 Å². The minimum absolute atomic E-state index is 0.790. The molecule has 0 unspecified atom stereocenters. The van der Waals surface area contributed by atoms with E-state index in [-0.39, 0.29) is 0 Å². The van der Waals surface area contributed by atoms with Crippen LogP contribution in [0.15, 0.2) is 38.8 Å². The van der Waals surface area contributed by atoms with Gasteiger partial charge in [0.2, 0.25) is 0 Å². The molecule has 0 radical (unpaired) electrons. The second-order valence-electron chi connectivity index (χ2n) is 2.99. The molecular formula is C10H6ClNS2. The Kier molecular flexibility index (Phi) is 1.97. The van der Waals surface area contributed by atoms with Crippen LogP contribution in [-0.4, -0.2) is 0 Å². The van der Waals surface area contributed by atoms with Crippen molar-refractivity contribution in [2.45, 2.75) is 9.10 Å². The van der Waals surface area contributed by atoms with E-state index < -0.39 is 0 Å². The molecule has 0 fully saturated rings. The highest BCUT2D eigenvalue weighted by molar-refractivity contribution is 8.01. The molecule has 0 saturated carbocycles. The first kappa shape index (κ1) is 8.65. The predicted octanol–water partition coefficient (Wildman–Crippen LogP) is 4.61. The van der Waals surface area contributed by atoms with Crippen LogP contribution in [0.25, 0.3) is 0 Å². The molecule has 3 rings (SSSR count). The van der Waals surface area contributed by atoms with Gasteiger partial charge in [-0.05, 0) is 29.6 Å². The lowest BCUT2D eigenvalue weighted by molar-refractivity contribution is 1.37. The maximum atomic E-state index is 5.94. The van der Waals surface area contributed by atoms with Crippen molar-refractivity contribution in [1.29, 1.82) is 0 Å². The summed E-state index contributed by atoms with van der Waals surface area (Å²) in [6.45, 7) is 0. The number of anilines is 2. The molecule has 1 N–H and O–H groups in total. The van der Waals surface area contributed by atoms with Crippen LogP contribution in [0.1, 0.15) is 0 Å². The highest BCUT2D eigenvalue weighted by atomic mass is 35.5. The van der Waals surface area contributed by atoms with Gasteiger partial charge in [0, 0.05) is 9.92 Å². The van der Waals surface area contributed by atoms with Crippen molar-refractivity contribution in [2.24, 2.45) is 0 Å². The smallest absolute Gasteiger partial charge is 0.0882 e. The molecule has 14 heavy (non-hydrogen) atoms. The Morgan fingerprint density at radius 3 is 3.00 bits per heavy atom. The average Bonchev–Trinajstić information content (AvgIpc) is 2.61. The summed E-state index contributed by atoms with van der Waals surface area (Å²) in [6.07, 6.45) is 0. The number of hydrogen-bond acceptors (Lipinski definition) is 3. The molecule has 1 aliphatic heterocycles. The fourth-order valence-corrected chi connectivity index (χ4v) is 3.68. The highest BCUT2D eigenvalue weighted by Gasteiger charge is 2.16. The molecule has 0 aliphatic carbocycles. The number of rotatable bonds is 0. The fraction of sp³-hybridized carbons (Fsp3) is 0. The number of thiophene rings is 1. The first-order chi connectivity index (χ1) is 6.83. The molecule has 0 bridgehead atoms. The zero-order chi connectivity index (χ0) is 9.54. The van der Waals surface area contributed by atoms with Gasteiger partial charge in [0.1, 0.15) is 0 Å². The van der Waals surface area contributed by atoms with Gasteiger partial charge in [0.05, 0.1) is 15.6 Å². The van der Waals surface area contributed by atoms with Gasteiger partial charge in [0.25, 0.3) is 0 Å². The number of fused-ring (bicyclic) bond motifs is 2. The van der Waals surface area contributed by atoms with Gasteiger partial charge >= 0.3 is 0 Å². The second-order valence-corrected chi connectivity index (χ2v) is 5.65. The number of benzene rings is 1. The lowest BCUT2D eigenvalue weighted by atomic mass is 10.3. The van der Waals surface area contributed by atoms with E-state index in [9.17, 15) is 0 Å². The number of halogens is 1. The van der Waals surface area contributed by atoms with E-state index in [0.29, 0.717) is 0 Å². The van der Waals surface area contributed by atoms with E-state index in [4.69, 9.17) is 11.6 Å². The summed E-state index contributed by atoms with van der Waals surface area (Å²) in [5.41, 5.74) is 2.35. The Hall–Kier alpha value is -0.640. The predicted molar refractivity (Wildman–Crippen MR) is 63.2 cm³/mol. The standard InChI is InChI=1S/C10H6ClNS2/c11-6-1-2-7-9(5-6)14-10-8(12-7)3-4-13-10/h1-5,12H. The third-order valence-corrected chi connectivity index (χ3v) is 4.49. The third kappa shape index (κ3) is 1.32. The quantitative estimate of drug-likeness (QED) is 0.615. The van der Waals surface area contributed by atoms with Crippen molar-refractivity contribution in [3.63, 3.8) is 0 Å². The zero-order valence-corrected chi connectivity index (χ0v) is 9.47. The van der Waals surface area contributed by atoms with Gasteiger partial charge in [-0.2, -0.15) is 0 Å². The summed E-state index contributed by atoms with van der Waals surface area (Å²) in [6, 6.07) is 8.03. The van der Waals surface area contributed by atoms with Crippen molar-refractivity contribution in [1.82, 2.24) is 0 Å². The molecule has 0 saturated heterocycles. The van der Waals surface area contributed by atoms with Crippen LogP contribution in [-0.2, 0) is 0 Å². The molecule has 1 aromatic heterocycles. The second kappa shape index (κ2) is 3.19. The summed E-state index contributed by atoms with van der Waals surface area (Å²) < 4.78 is 1.31. The van der Waals surface area contributed by atoms with Crippen molar-refractivity contribution < 1.29 is 0 Å². The molecular weight excluding hydrogens is 234 g/mol. The topological polar surface area (TPSA) is 12.0 Å². The highest BCUT2D eigenvalue weighted by Crippen LogP contribution is 2.47. The molecule has 1 aromatic carbocycles. The van der Waals surface area contributed by atoms with E-state index in [0.717, 1.165) is 10.7 Å². The van der Waals surface area contributed by atoms with Crippen LogP contribution in [0.3, 0.4) is 0 Å². The van der Waals surface area contributed by atoms with Crippen molar-refractivity contribution in [3.8, 4) is 0 Å². The molecule has 0 atom stereocenters. The van der Waals surface area contributed by atoms with Crippen molar-refractivity contribution >= 4 is 46.1 Å². The lowest BCUT2D eigenvalue weighted by Crippen LogP contribution is -1.96. The third-order valence-electron chi connectivity index (χ3n) is 2.05. The van der Waals surface area contributed by atoms with Gasteiger partial charge < -0.3 is 5.32 Å². The Morgan fingerprint density at radius 2 is 2.07 bits per heavy atom. The van der Waals surface area contributed by atoms with E-state index in [1.165, 1.54) is 14.8 Å². The SMILES string of the molecule is Clc1ccc2c(c1)Sc1sccc1N2. The fourth-order valence-electron chi connectivity index (χ4n) is 1.40. The first-order valence-corrected chi connectivity index (χ1v) is 6.22. The number of hydrogen-bond donors (Lipinski definition) is 1. The van der Waals surface area contributed by atoms with E-state index in [1.807, 2.05) is 18.2 Å². The van der Waals surface area contributed by atoms with E-state index >= 15 is 0 Å². The van der Waals surface area contributed by atoms with Crippen molar-refractivity contribution in [2.75, 3.05) is 5.32 Å². The van der Waals surface area contributed by atoms with Gasteiger partial charge in [-0.1, -0.05) is 23.4 Å². The molecule has 0 spiro atoms. The van der Waals surface area contributed by atoms with Crippen LogP contribution in [0.4, 0.5) is 11.4 Å². The normalized spacial score (nSPS) is 12.9. The van der Waals surface area contributed by atoms with Crippen LogP contribution < -0.4 is 5.32 Å². The molecule has 2 heterocycles. The molecule has 0 amide bonds. The summed E-state index contributed by atoms with van der Waals surface area (Å²) in [7, 11) is 0. The molecule has 70 valence electrons. The summed E-state index contributed by atoms with van der Waals surface area (Å²) in [4.78, 5) is 1.20. The molecule has 1 aliphatic rings. The van der Waals surface area contributed by atoms with Crippen LogP contribution >= 0.6 is 34.7 Å². The molecule has 1 nitrogen and oxygen atoms in total. The number of nitrogens with one attached hydrogen (secondary N) is 1. The van der Waals surface area contributed by atoms with E-state index in [1.54, 1.807) is 23.1 Å². The Labute approximate surface area is 95.1 Å². The monoisotopic (exact) mass is 239 g/mol.